The Kier molecular flexibility index (Phi) is 4.26. The molecule has 0 aliphatic heterocycles. The van der Waals surface area contributed by atoms with E-state index in [1.54, 1.807) is 0 Å². The zero-order valence-corrected chi connectivity index (χ0v) is 18.2. The maximum atomic E-state index is 3.62. The zero-order chi connectivity index (χ0) is 21.7. The van der Waals surface area contributed by atoms with Gasteiger partial charge >= 0.3 is 0 Å². The number of rotatable bonds is 4. The summed E-state index contributed by atoms with van der Waals surface area (Å²) in [5.74, 6) is 0. The molecule has 0 saturated carbocycles. The van der Waals surface area contributed by atoms with Crippen molar-refractivity contribution < 1.29 is 0 Å². The minimum atomic E-state index is 1.11. The van der Waals surface area contributed by atoms with Crippen molar-refractivity contribution in [3.05, 3.63) is 108 Å². The highest BCUT2D eigenvalue weighted by atomic mass is 14.9. The van der Waals surface area contributed by atoms with E-state index in [1.807, 2.05) is 0 Å². The average molecular weight is 413 g/mol. The Morgan fingerprint density at radius 1 is 0.469 bits per heavy atom. The van der Waals surface area contributed by atoms with E-state index < -0.39 is 0 Å². The SMILES string of the molecule is Cc1ccc(Nc2ccc3c(c2)-c2cccc4c(Nc5ccc(C)cc5)ccc-3c24)cc1. The molecule has 5 aromatic rings. The largest absolute Gasteiger partial charge is 0.356 e. The van der Waals surface area contributed by atoms with Gasteiger partial charge in [0.05, 0.1) is 0 Å². The fourth-order valence-electron chi connectivity index (χ4n) is 4.64. The number of anilines is 4. The summed E-state index contributed by atoms with van der Waals surface area (Å²) in [4.78, 5) is 0. The maximum absolute atomic E-state index is 3.62. The van der Waals surface area contributed by atoms with Gasteiger partial charge in [0.25, 0.3) is 0 Å². The molecule has 0 radical (unpaired) electrons. The first-order valence-corrected chi connectivity index (χ1v) is 11.0. The summed E-state index contributed by atoms with van der Waals surface area (Å²) < 4.78 is 0. The van der Waals surface area contributed by atoms with E-state index in [-0.39, 0.29) is 0 Å². The molecule has 0 bridgehead atoms. The quantitative estimate of drug-likeness (QED) is 0.303. The molecule has 5 aromatic carbocycles. The lowest BCUT2D eigenvalue weighted by molar-refractivity contribution is 1.45. The van der Waals surface area contributed by atoms with Crippen LogP contribution in [0.2, 0.25) is 0 Å². The van der Waals surface area contributed by atoms with Crippen LogP contribution in [0.15, 0.2) is 97.1 Å². The van der Waals surface area contributed by atoms with Crippen molar-refractivity contribution in [2.45, 2.75) is 13.8 Å². The standard InChI is InChI=1S/C30H24N2/c1-19-6-10-21(11-7-19)31-23-14-15-24-26-16-17-29(32-22-12-8-20(2)9-13-22)27-5-3-4-25(30(26)27)28(24)18-23/h3-18,31-32H,1-2H3. The molecule has 0 atom stereocenters. The van der Waals surface area contributed by atoms with Gasteiger partial charge in [-0.2, -0.15) is 0 Å². The fourth-order valence-corrected chi connectivity index (χ4v) is 4.64. The maximum Gasteiger partial charge on any atom is 0.0464 e. The Labute approximate surface area is 188 Å². The molecule has 6 rings (SSSR count). The Hall–Kier alpha value is -4.04. The van der Waals surface area contributed by atoms with Crippen molar-refractivity contribution in [2.75, 3.05) is 10.6 Å². The Balaban J connectivity index is 1.41. The lowest BCUT2D eigenvalue weighted by atomic mass is 10.0. The summed E-state index contributed by atoms with van der Waals surface area (Å²) in [6, 6.07) is 34.8. The van der Waals surface area contributed by atoms with Crippen LogP contribution >= 0.6 is 0 Å². The molecule has 0 spiro atoms. The van der Waals surface area contributed by atoms with Gasteiger partial charge in [0.1, 0.15) is 0 Å². The highest BCUT2D eigenvalue weighted by molar-refractivity contribution is 6.18. The van der Waals surface area contributed by atoms with Gasteiger partial charge in [-0.1, -0.05) is 65.7 Å². The smallest absolute Gasteiger partial charge is 0.0464 e. The van der Waals surface area contributed by atoms with Crippen LogP contribution in [-0.2, 0) is 0 Å². The van der Waals surface area contributed by atoms with Gasteiger partial charge in [-0.15, -0.1) is 0 Å². The molecule has 0 aromatic heterocycles. The van der Waals surface area contributed by atoms with Gasteiger partial charge in [0.15, 0.2) is 0 Å². The van der Waals surface area contributed by atoms with Crippen LogP contribution in [0.5, 0.6) is 0 Å². The molecule has 2 nitrogen and oxygen atoms in total. The van der Waals surface area contributed by atoms with E-state index in [2.05, 4.69) is 122 Å². The van der Waals surface area contributed by atoms with E-state index in [0.717, 1.165) is 22.7 Å². The normalized spacial score (nSPS) is 11.4. The van der Waals surface area contributed by atoms with Gasteiger partial charge in [0.2, 0.25) is 0 Å². The van der Waals surface area contributed by atoms with E-state index in [1.165, 1.54) is 44.2 Å². The van der Waals surface area contributed by atoms with Crippen LogP contribution in [0.4, 0.5) is 22.7 Å². The third kappa shape index (κ3) is 3.12. The Morgan fingerprint density at radius 2 is 1.06 bits per heavy atom. The van der Waals surface area contributed by atoms with Crippen LogP contribution in [-0.4, -0.2) is 0 Å². The van der Waals surface area contributed by atoms with Crippen LogP contribution in [0.25, 0.3) is 33.0 Å². The lowest BCUT2D eigenvalue weighted by Gasteiger charge is -2.12. The molecule has 0 heterocycles. The van der Waals surface area contributed by atoms with E-state index in [0.29, 0.717) is 0 Å². The number of hydrogen-bond acceptors (Lipinski definition) is 2. The number of hydrogen-bond donors (Lipinski definition) is 2. The third-order valence-corrected chi connectivity index (χ3v) is 6.31. The minimum absolute atomic E-state index is 1.11. The summed E-state index contributed by atoms with van der Waals surface area (Å²) in [7, 11) is 0. The highest BCUT2D eigenvalue weighted by Crippen LogP contribution is 2.49. The van der Waals surface area contributed by atoms with Crippen LogP contribution in [0.3, 0.4) is 0 Å². The molecule has 2 heteroatoms. The van der Waals surface area contributed by atoms with Gasteiger partial charge in [-0.25, -0.2) is 0 Å². The van der Waals surface area contributed by atoms with E-state index in [9.17, 15) is 0 Å². The predicted molar refractivity (Wildman–Crippen MR) is 137 cm³/mol. The highest BCUT2D eigenvalue weighted by Gasteiger charge is 2.22. The summed E-state index contributed by atoms with van der Waals surface area (Å²) in [5.41, 5.74) is 12.2. The van der Waals surface area contributed by atoms with Crippen molar-refractivity contribution >= 4 is 33.5 Å². The zero-order valence-electron chi connectivity index (χ0n) is 18.2. The molecular formula is C30H24N2. The molecule has 0 unspecified atom stereocenters. The first-order valence-electron chi connectivity index (χ1n) is 11.0. The minimum Gasteiger partial charge on any atom is -0.356 e. The van der Waals surface area contributed by atoms with Gasteiger partial charge < -0.3 is 10.6 Å². The number of fused-ring (bicyclic) bond motifs is 3. The second-order valence-corrected chi connectivity index (χ2v) is 8.63. The van der Waals surface area contributed by atoms with Crippen molar-refractivity contribution in [1.82, 2.24) is 0 Å². The molecular weight excluding hydrogens is 388 g/mol. The summed E-state index contributed by atoms with van der Waals surface area (Å²) in [5, 5.41) is 9.76. The van der Waals surface area contributed by atoms with Crippen molar-refractivity contribution in [1.29, 1.82) is 0 Å². The van der Waals surface area contributed by atoms with Crippen molar-refractivity contribution in [2.24, 2.45) is 0 Å². The molecule has 0 saturated heterocycles. The van der Waals surface area contributed by atoms with E-state index in [4.69, 9.17) is 0 Å². The number of benzene rings is 5. The van der Waals surface area contributed by atoms with Crippen molar-refractivity contribution in [3.8, 4) is 22.3 Å². The lowest BCUT2D eigenvalue weighted by Crippen LogP contribution is -1.92. The molecule has 1 aliphatic carbocycles. The van der Waals surface area contributed by atoms with E-state index >= 15 is 0 Å². The molecule has 0 amide bonds. The summed E-state index contributed by atoms with van der Waals surface area (Å²) in [6.45, 7) is 4.22. The van der Waals surface area contributed by atoms with Crippen LogP contribution in [0.1, 0.15) is 11.1 Å². The molecule has 154 valence electrons. The molecule has 1 aliphatic rings. The second-order valence-electron chi connectivity index (χ2n) is 8.63. The molecule has 32 heavy (non-hydrogen) atoms. The van der Waals surface area contributed by atoms with Crippen molar-refractivity contribution in [3.63, 3.8) is 0 Å². The first kappa shape index (κ1) is 18.7. The summed E-state index contributed by atoms with van der Waals surface area (Å²) in [6.07, 6.45) is 0. The topological polar surface area (TPSA) is 24.1 Å². The molecule has 2 N–H and O–H groups in total. The Bertz CT molecular complexity index is 1460. The van der Waals surface area contributed by atoms with Gasteiger partial charge in [0, 0.05) is 28.1 Å². The predicted octanol–water partition coefficient (Wildman–Crippen LogP) is 8.59. The number of aryl methyl sites for hydroxylation is 2. The number of nitrogens with one attached hydrogen (secondary N) is 2. The average Bonchev–Trinajstić information content (AvgIpc) is 3.13. The van der Waals surface area contributed by atoms with Gasteiger partial charge in [-0.3, -0.25) is 0 Å². The van der Waals surface area contributed by atoms with Gasteiger partial charge in [-0.05, 0) is 84.0 Å². The second kappa shape index (κ2) is 7.28. The van der Waals surface area contributed by atoms with Crippen LogP contribution in [0, 0.1) is 13.8 Å². The Morgan fingerprint density at radius 3 is 1.78 bits per heavy atom. The summed E-state index contributed by atoms with van der Waals surface area (Å²) >= 11 is 0. The van der Waals surface area contributed by atoms with Crippen LogP contribution < -0.4 is 10.6 Å². The monoisotopic (exact) mass is 412 g/mol. The fraction of sp³-hybridized carbons (Fsp3) is 0.0667. The molecule has 0 fully saturated rings. The first-order chi connectivity index (χ1) is 15.7. The third-order valence-electron chi connectivity index (χ3n) is 6.31.